The molecule has 3 nitrogen and oxygen atoms in total. The number of aryl methyl sites for hydroxylation is 1. The maximum atomic E-state index is 10.7. The number of rotatable bonds is 5. The standard InChI is InChI=1S/C11H11NO2S/c13-11(14)10(12-8-15)7-6-9-4-2-1-3-5-9/h1-5,10H,6-7H2,(H,13,14)/t10-/m0/s1. The van der Waals surface area contributed by atoms with Crippen molar-refractivity contribution >= 4 is 23.3 Å². The lowest BCUT2D eigenvalue weighted by molar-refractivity contribution is -0.138. The van der Waals surface area contributed by atoms with Crippen LogP contribution < -0.4 is 0 Å². The van der Waals surface area contributed by atoms with E-state index in [2.05, 4.69) is 22.4 Å². The number of hydrogen-bond acceptors (Lipinski definition) is 3. The predicted molar refractivity (Wildman–Crippen MR) is 61.2 cm³/mol. The van der Waals surface area contributed by atoms with Gasteiger partial charge < -0.3 is 5.11 Å². The van der Waals surface area contributed by atoms with Gasteiger partial charge in [0.2, 0.25) is 0 Å². The van der Waals surface area contributed by atoms with Crippen LogP contribution in [0.2, 0.25) is 0 Å². The van der Waals surface area contributed by atoms with Crippen LogP contribution in [-0.2, 0) is 11.2 Å². The second kappa shape index (κ2) is 6.06. The van der Waals surface area contributed by atoms with Gasteiger partial charge in [-0.25, -0.2) is 9.79 Å². The normalized spacial score (nSPS) is 11.5. The fraction of sp³-hybridized carbons (Fsp3) is 0.273. The highest BCUT2D eigenvalue weighted by Crippen LogP contribution is 2.07. The molecule has 0 fully saturated rings. The average molecular weight is 221 g/mol. The number of thiocarbonyl (C=S) groups is 1. The molecule has 15 heavy (non-hydrogen) atoms. The fourth-order valence-electron chi connectivity index (χ4n) is 1.25. The molecule has 0 heterocycles. The lowest BCUT2D eigenvalue weighted by Crippen LogP contribution is -2.18. The number of carbonyl (C=O) groups is 1. The van der Waals surface area contributed by atoms with Gasteiger partial charge in [0.25, 0.3) is 0 Å². The second-order valence-electron chi connectivity index (χ2n) is 3.10. The van der Waals surface area contributed by atoms with E-state index in [0.717, 1.165) is 5.56 Å². The minimum absolute atomic E-state index is 0.447. The van der Waals surface area contributed by atoms with Crippen LogP contribution in [0.3, 0.4) is 0 Å². The number of benzene rings is 1. The highest BCUT2D eigenvalue weighted by Gasteiger charge is 2.14. The van der Waals surface area contributed by atoms with Gasteiger partial charge in [0.1, 0.15) is 0 Å². The summed E-state index contributed by atoms with van der Waals surface area (Å²) >= 11 is 4.40. The number of aliphatic imine (C=N–C) groups is 1. The van der Waals surface area contributed by atoms with Gasteiger partial charge in [0.05, 0.1) is 5.16 Å². The molecule has 0 aromatic heterocycles. The number of carboxylic acid groups (broad SMARTS) is 1. The topological polar surface area (TPSA) is 49.7 Å². The van der Waals surface area contributed by atoms with E-state index in [4.69, 9.17) is 5.11 Å². The molecule has 1 atom stereocenters. The minimum Gasteiger partial charge on any atom is -0.480 e. The number of hydrogen-bond donors (Lipinski definition) is 1. The summed E-state index contributed by atoms with van der Waals surface area (Å²) in [5.41, 5.74) is 1.10. The first-order valence-electron chi connectivity index (χ1n) is 4.57. The van der Waals surface area contributed by atoms with E-state index in [-0.39, 0.29) is 0 Å². The van der Waals surface area contributed by atoms with Gasteiger partial charge in [0, 0.05) is 0 Å². The van der Waals surface area contributed by atoms with Gasteiger partial charge in [-0.3, -0.25) is 0 Å². The van der Waals surface area contributed by atoms with Gasteiger partial charge in [-0.2, -0.15) is 0 Å². The molecule has 78 valence electrons. The molecule has 1 aromatic carbocycles. The van der Waals surface area contributed by atoms with Crippen LogP contribution in [0, 0.1) is 0 Å². The Bertz CT molecular complexity index is 369. The van der Waals surface area contributed by atoms with Crippen molar-refractivity contribution in [3.8, 4) is 0 Å². The largest absolute Gasteiger partial charge is 0.480 e. The van der Waals surface area contributed by atoms with Gasteiger partial charge >= 0.3 is 5.97 Å². The van der Waals surface area contributed by atoms with Crippen molar-refractivity contribution in [2.75, 3.05) is 0 Å². The van der Waals surface area contributed by atoms with Gasteiger partial charge in [0.15, 0.2) is 6.04 Å². The summed E-state index contributed by atoms with van der Waals surface area (Å²) in [4.78, 5) is 14.3. The highest BCUT2D eigenvalue weighted by molar-refractivity contribution is 7.78. The molecule has 0 spiro atoms. The Labute approximate surface area is 93.5 Å². The Morgan fingerprint density at radius 1 is 1.47 bits per heavy atom. The maximum absolute atomic E-state index is 10.7. The first kappa shape index (κ1) is 11.6. The Hall–Kier alpha value is -1.51. The van der Waals surface area contributed by atoms with Crippen LogP contribution in [0.25, 0.3) is 0 Å². The highest BCUT2D eigenvalue weighted by atomic mass is 32.1. The summed E-state index contributed by atoms with van der Waals surface area (Å²) in [6.07, 6.45) is 1.13. The Kier molecular flexibility index (Phi) is 4.68. The van der Waals surface area contributed by atoms with Gasteiger partial charge in [-0.1, -0.05) is 30.3 Å². The Morgan fingerprint density at radius 2 is 2.13 bits per heavy atom. The van der Waals surface area contributed by atoms with E-state index >= 15 is 0 Å². The van der Waals surface area contributed by atoms with Crippen LogP contribution in [0.1, 0.15) is 12.0 Å². The number of aliphatic carboxylic acids is 1. The van der Waals surface area contributed by atoms with Crippen molar-refractivity contribution in [3.63, 3.8) is 0 Å². The zero-order valence-electron chi connectivity index (χ0n) is 8.09. The summed E-state index contributed by atoms with van der Waals surface area (Å²) in [7, 11) is 0. The van der Waals surface area contributed by atoms with Gasteiger partial charge in [-0.15, -0.1) is 0 Å². The van der Waals surface area contributed by atoms with Crippen molar-refractivity contribution in [2.45, 2.75) is 18.9 Å². The third kappa shape index (κ3) is 4.02. The third-order valence-corrected chi connectivity index (χ3v) is 2.15. The van der Waals surface area contributed by atoms with Crippen LogP contribution >= 0.6 is 12.2 Å². The van der Waals surface area contributed by atoms with Crippen LogP contribution in [-0.4, -0.2) is 22.3 Å². The molecule has 0 aliphatic rings. The molecular weight excluding hydrogens is 210 g/mol. The zero-order chi connectivity index (χ0) is 11.1. The summed E-state index contributed by atoms with van der Waals surface area (Å²) in [6.45, 7) is 0. The third-order valence-electron chi connectivity index (χ3n) is 2.04. The maximum Gasteiger partial charge on any atom is 0.329 e. The average Bonchev–Trinajstić information content (AvgIpc) is 2.25. The molecule has 1 N–H and O–H groups in total. The Balaban J connectivity index is 2.54. The molecule has 0 aliphatic carbocycles. The predicted octanol–water partition coefficient (Wildman–Crippen LogP) is 2.18. The van der Waals surface area contributed by atoms with E-state index in [1.807, 2.05) is 30.3 Å². The molecule has 0 radical (unpaired) electrons. The molecule has 1 aromatic rings. The van der Waals surface area contributed by atoms with E-state index in [9.17, 15) is 4.79 Å². The lowest BCUT2D eigenvalue weighted by atomic mass is 10.1. The molecule has 1 rings (SSSR count). The quantitative estimate of drug-likeness (QED) is 0.612. The molecule has 0 saturated carbocycles. The first-order chi connectivity index (χ1) is 7.24. The molecule has 0 aliphatic heterocycles. The first-order valence-corrected chi connectivity index (χ1v) is 4.98. The number of carboxylic acids is 1. The monoisotopic (exact) mass is 221 g/mol. The van der Waals surface area contributed by atoms with E-state index in [1.165, 1.54) is 0 Å². The summed E-state index contributed by atoms with van der Waals surface area (Å²) in [5, 5.41) is 10.9. The molecule has 0 unspecified atom stereocenters. The van der Waals surface area contributed by atoms with Crippen LogP contribution in [0.5, 0.6) is 0 Å². The van der Waals surface area contributed by atoms with Crippen LogP contribution in [0.15, 0.2) is 35.3 Å². The van der Waals surface area contributed by atoms with Crippen LogP contribution in [0.4, 0.5) is 0 Å². The summed E-state index contributed by atoms with van der Waals surface area (Å²) in [6, 6.07) is 8.91. The molecule has 0 bridgehead atoms. The van der Waals surface area contributed by atoms with Crippen molar-refractivity contribution in [3.05, 3.63) is 35.9 Å². The van der Waals surface area contributed by atoms with Crippen molar-refractivity contribution in [1.82, 2.24) is 0 Å². The second-order valence-corrected chi connectivity index (χ2v) is 3.28. The van der Waals surface area contributed by atoms with Crippen molar-refractivity contribution in [1.29, 1.82) is 0 Å². The fourth-order valence-corrected chi connectivity index (χ4v) is 1.38. The minimum atomic E-state index is -0.955. The Morgan fingerprint density at radius 3 is 2.67 bits per heavy atom. The zero-order valence-corrected chi connectivity index (χ0v) is 8.91. The van der Waals surface area contributed by atoms with E-state index < -0.39 is 12.0 Å². The lowest BCUT2D eigenvalue weighted by Gasteiger charge is -2.05. The molecular formula is C11H11NO2S. The van der Waals surface area contributed by atoms with Gasteiger partial charge in [-0.05, 0) is 30.6 Å². The van der Waals surface area contributed by atoms with E-state index in [0.29, 0.717) is 12.8 Å². The summed E-state index contributed by atoms with van der Waals surface area (Å²) in [5.74, 6) is -0.955. The summed E-state index contributed by atoms with van der Waals surface area (Å²) < 4.78 is 0. The van der Waals surface area contributed by atoms with E-state index in [1.54, 1.807) is 0 Å². The smallest absolute Gasteiger partial charge is 0.329 e. The molecule has 4 heteroatoms. The molecule has 0 amide bonds. The number of isothiocyanates is 1. The van der Waals surface area contributed by atoms with Crippen molar-refractivity contribution in [2.24, 2.45) is 4.99 Å². The SMILES string of the molecule is O=C(O)[C@H](CCc1ccccc1)N=C=S. The van der Waals surface area contributed by atoms with Crippen molar-refractivity contribution < 1.29 is 9.90 Å². The molecule has 0 saturated heterocycles. The number of nitrogens with zero attached hydrogens (tertiary/aromatic N) is 1.